The molecule has 0 spiro atoms. The molecular formula is C17H31ClN2O3Si. The summed E-state index contributed by atoms with van der Waals surface area (Å²) in [4.78, 5) is 0. The highest BCUT2D eigenvalue weighted by Gasteiger charge is 2.36. The maximum Gasteiger partial charge on any atom is 0.500 e. The maximum atomic E-state index is 5.39. The molecule has 24 heavy (non-hydrogen) atoms. The Hall–Kier alpha value is -0.733. The fourth-order valence-corrected chi connectivity index (χ4v) is 3.95. The van der Waals surface area contributed by atoms with E-state index in [1.807, 2.05) is 18.2 Å². The maximum absolute atomic E-state index is 5.39. The van der Waals surface area contributed by atoms with Crippen LogP contribution >= 0.6 is 12.4 Å². The van der Waals surface area contributed by atoms with E-state index in [2.05, 4.69) is 34.9 Å². The average molecular weight is 375 g/mol. The molecule has 0 bridgehead atoms. The van der Waals surface area contributed by atoms with Crippen molar-refractivity contribution in [1.82, 2.24) is 10.6 Å². The number of hydrogen-bond acceptors (Lipinski definition) is 5. The summed E-state index contributed by atoms with van der Waals surface area (Å²) in [6.45, 7) is 3.71. The molecule has 7 heteroatoms. The van der Waals surface area contributed by atoms with Crippen LogP contribution in [0.15, 0.2) is 36.4 Å². The predicted molar refractivity (Wildman–Crippen MR) is 105 cm³/mol. The second-order valence-corrected chi connectivity index (χ2v) is 8.26. The van der Waals surface area contributed by atoms with Crippen LogP contribution in [0.5, 0.6) is 0 Å². The first-order valence-electron chi connectivity index (χ1n) is 8.05. The van der Waals surface area contributed by atoms with Crippen LogP contribution in [0, 0.1) is 0 Å². The molecule has 0 aliphatic carbocycles. The molecule has 0 unspecified atom stereocenters. The summed E-state index contributed by atoms with van der Waals surface area (Å²) in [6, 6.07) is 11.1. The summed E-state index contributed by atoms with van der Waals surface area (Å²) in [5.74, 6) is 0. The van der Waals surface area contributed by atoms with Crippen LogP contribution in [0.4, 0.5) is 0 Å². The lowest BCUT2D eigenvalue weighted by molar-refractivity contribution is 0.123. The predicted octanol–water partition coefficient (Wildman–Crippen LogP) is 2.57. The molecule has 0 amide bonds. The Kier molecular flexibility index (Phi) is 14.2. The number of benzene rings is 1. The van der Waals surface area contributed by atoms with E-state index in [4.69, 9.17) is 13.3 Å². The van der Waals surface area contributed by atoms with Crippen LogP contribution in [0.25, 0.3) is 6.08 Å². The third-order valence-electron chi connectivity index (χ3n) is 3.62. The molecule has 1 aromatic carbocycles. The molecule has 0 atom stereocenters. The lowest BCUT2D eigenvalue weighted by Gasteiger charge is -2.24. The number of rotatable bonds is 13. The average Bonchev–Trinajstić information content (AvgIpc) is 2.61. The van der Waals surface area contributed by atoms with Gasteiger partial charge in [0.1, 0.15) is 0 Å². The van der Waals surface area contributed by atoms with Crippen molar-refractivity contribution in [2.45, 2.75) is 12.5 Å². The number of halogens is 1. The second-order valence-electron chi connectivity index (χ2n) is 5.17. The van der Waals surface area contributed by atoms with Gasteiger partial charge < -0.3 is 23.9 Å². The molecule has 2 N–H and O–H groups in total. The van der Waals surface area contributed by atoms with Crippen LogP contribution in [0.2, 0.25) is 6.04 Å². The Bertz CT molecular complexity index is 423. The Morgan fingerprint density at radius 3 is 2.17 bits per heavy atom. The normalized spacial score (nSPS) is 11.6. The Balaban J connectivity index is 0.00000529. The van der Waals surface area contributed by atoms with Gasteiger partial charge in [-0.3, -0.25) is 0 Å². The first-order valence-corrected chi connectivity index (χ1v) is 9.98. The van der Waals surface area contributed by atoms with E-state index >= 15 is 0 Å². The zero-order valence-corrected chi connectivity index (χ0v) is 16.7. The smallest absolute Gasteiger partial charge is 0.377 e. The van der Waals surface area contributed by atoms with Crippen molar-refractivity contribution in [3.63, 3.8) is 0 Å². The van der Waals surface area contributed by atoms with Crippen molar-refractivity contribution in [1.29, 1.82) is 0 Å². The highest BCUT2D eigenvalue weighted by atomic mass is 35.5. The van der Waals surface area contributed by atoms with E-state index in [1.54, 1.807) is 21.3 Å². The van der Waals surface area contributed by atoms with Gasteiger partial charge in [0.2, 0.25) is 0 Å². The van der Waals surface area contributed by atoms with Crippen LogP contribution in [-0.2, 0) is 13.3 Å². The van der Waals surface area contributed by atoms with Crippen molar-refractivity contribution in [2.24, 2.45) is 0 Å². The Labute approximate surface area is 153 Å². The van der Waals surface area contributed by atoms with Crippen LogP contribution in [0.3, 0.4) is 0 Å². The van der Waals surface area contributed by atoms with Gasteiger partial charge in [-0.1, -0.05) is 42.5 Å². The summed E-state index contributed by atoms with van der Waals surface area (Å²) in [5.41, 5.74) is 1.23. The molecule has 138 valence electrons. The molecule has 1 rings (SSSR count). The number of nitrogens with one attached hydrogen (secondary N) is 2. The topological polar surface area (TPSA) is 51.8 Å². The minimum atomic E-state index is -2.40. The van der Waals surface area contributed by atoms with Gasteiger partial charge in [-0.25, -0.2) is 0 Å². The lowest BCUT2D eigenvalue weighted by Crippen LogP contribution is -2.43. The van der Waals surface area contributed by atoms with Gasteiger partial charge in [0.25, 0.3) is 0 Å². The zero-order valence-electron chi connectivity index (χ0n) is 14.9. The van der Waals surface area contributed by atoms with Crippen LogP contribution in [0.1, 0.15) is 12.0 Å². The van der Waals surface area contributed by atoms with Gasteiger partial charge in [-0.2, -0.15) is 0 Å². The molecule has 0 saturated carbocycles. The van der Waals surface area contributed by atoms with Crippen LogP contribution in [-0.4, -0.2) is 56.3 Å². The minimum absolute atomic E-state index is 0. The summed E-state index contributed by atoms with van der Waals surface area (Å²) in [6.07, 6.45) is 5.26. The van der Waals surface area contributed by atoms with Crippen molar-refractivity contribution in [3.05, 3.63) is 42.0 Å². The van der Waals surface area contributed by atoms with Gasteiger partial charge in [0, 0.05) is 47.0 Å². The lowest BCUT2D eigenvalue weighted by atomic mass is 10.2. The molecular weight excluding hydrogens is 344 g/mol. The van der Waals surface area contributed by atoms with Gasteiger partial charge in [0.05, 0.1) is 0 Å². The Morgan fingerprint density at radius 2 is 1.54 bits per heavy atom. The molecule has 0 aromatic heterocycles. The first kappa shape index (κ1) is 23.3. The third kappa shape index (κ3) is 9.54. The van der Waals surface area contributed by atoms with E-state index in [0.29, 0.717) is 0 Å². The summed E-state index contributed by atoms with van der Waals surface area (Å²) in [7, 11) is 2.56. The standard InChI is InChI=1S/C17H30N2O3Si.ClH/c1-20-23(21-2,22-3)16-8-13-19-15-14-18-12-7-11-17-9-5-4-6-10-17;/h4-7,9-11,18-19H,8,12-16H2,1-3H3;1H/b11-7+;. The van der Waals surface area contributed by atoms with E-state index in [-0.39, 0.29) is 12.4 Å². The van der Waals surface area contributed by atoms with Gasteiger partial charge in [-0.05, 0) is 18.5 Å². The van der Waals surface area contributed by atoms with Gasteiger partial charge in [-0.15, -0.1) is 12.4 Å². The van der Waals surface area contributed by atoms with Crippen molar-refractivity contribution >= 4 is 27.3 Å². The van der Waals surface area contributed by atoms with E-state index in [0.717, 1.165) is 38.6 Å². The van der Waals surface area contributed by atoms with Crippen molar-refractivity contribution in [2.75, 3.05) is 47.5 Å². The first-order chi connectivity index (χ1) is 11.3. The Morgan fingerprint density at radius 1 is 0.917 bits per heavy atom. The quantitative estimate of drug-likeness (QED) is 0.410. The molecule has 5 nitrogen and oxygen atoms in total. The van der Waals surface area contributed by atoms with Crippen LogP contribution < -0.4 is 10.6 Å². The highest BCUT2D eigenvalue weighted by Crippen LogP contribution is 2.14. The summed E-state index contributed by atoms with van der Waals surface area (Å²) >= 11 is 0. The monoisotopic (exact) mass is 374 g/mol. The zero-order chi connectivity index (χ0) is 16.8. The summed E-state index contributed by atoms with van der Waals surface area (Å²) in [5, 5.41) is 6.79. The number of hydrogen-bond donors (Lipinski definition) is 2. The van der Waals surface area contributed by atoms with E-state index < -0.39 is 8.80 Å². The molecule has 1 aromatic rings. The second kappa shape index (κ2) is 14.6. The highest BCUT2D eigenvalue weighted by molar-refractivity contribution is 6.60. The van der Waals surface area contributed by atoms with Crippen molar-refractivity contribution in [3.8, 4) is 0 Å². The van der Waals surface area contributed by atoms with Gasteiger partial charge >= 0.3 is 8.80 Å². The third-order valence-corrected chi connectivity index (χ3v) is 6.45. The molecule has 0 saturated heterocycles. The van der Waals surface area contributed by atoms with E-state index in [9.17, 15) is 0 Å². The minimum Gasteiger partial charge on any atom is -0.377 e. The molecule has 0 aliphatic heterocycles. The fraction of sp³-hybridized carbons (Fsp3) is 0.529. The largest absolute Gasteiger partial charge is 0.500 e. The molecule has 0 fully saturated rings. The molecule has 0 radical (unpaired) electrons. The van der Waals surface area contributed by atoms with Crippen molar-refractivity contribution < 1.29 is 13.3 Å². The molecule has 0 heterocycles. The van der Waals surface area contributed by atoms with E-state index in [1.165, 1.54) is 5.56 Å². The van der Waals surface area contributed by atoms with Gasteiger partial charge in [0.15, 0.2) is 0 Å². The fourth-order valence-electron chi connectivity index (χ4n) is 2.23. The molecule has 0 aliphatic rings. The SMILES string of the molecule is CO[Si](CCCNCCNC/C=C/c1ccccc1)(OC)OC.Cl. The summed E-state index contributed by atoms with van der Waals surface area (Å²) < 4.78 is 16.2.